The summed E-state index contributed by atoms with van der Waals surface area (Å²) in [6.07, 6.45) is 4.14. The lowest BCUT2D eigenvalue weighted by Gasteiger charge is -2.07. The van der Waals surface area contributed by atoms with Crippen LogP contribution in [0.25, 0.3) is 0 Å². The first-order valence-electron chi connectivity index (χ1n) is 8.95. The minimum atomic E-state index is -0.170. The molecule has 2 aromatic carbocycles. The van der Waals surface area contributed by atoms with Crippen molar-refractivity contribution in [3.8, 4) is 0 Å². The number of halogens is 1. The number of nitrogens with one attached hydrogen (secondary N) is 1. The molecule has 1 atom stereocenters. The Hall–Kier alpha value is -1.78. The van der Waals surface area contributed by atoms with Gasteiger partial charge in [-0.3, -0.25) is 4.79 Å². The Bertz CT molecular complexity index is 817. The predicted octanol–water partition coefficient (Wildman–Crippen LogP) is 5.45. The number of benzene rings is 2. The van der Waals surface area contributed by atoms with Crippen molar-refractivity contribution in [3.05, 3.63) is 64.2 Å². The lowest BCUT2D eigenvalue weighted by Crippen LogP contribution is -2.25. The van der Waals surface area contributed by atoms with E-state index in [1.807, 2.05) is 37.3 Å². The van der Waals surface area contributed by atoms with Gasteiger partial charge in [0.2, 0.25) is 5.91 Å². The molecular formula is C21H23ClN2OS. The van der Waals surface area contributed by atoms with Crippen LogP contribution in [0, 0.1) is 6.92 Å². The number of aliphatic imine (C=N–C) groups is 1. The van der Waals surface area contributed by atoms with Gasteiger partial charge in [0.05, 0.1) is 10.9 Å². The molecule has 5 heteroatoms. The van der Waals surface area contributed by atoms with E-state index in [2.05, 4.69) is 29.4 Å². The van der Waals surface area contributed by atoms with Gasteiger partial charge in [0.1, 0.15) is 0 Å². The highest BCUT2D eigenvalue weighted by molar-refractivity contribution is 8.15. The molecule has 1 fully saturated rings. The Labute approximate surface area is 164 Å². The van der Waals surface area contributed by atoms with E-state index in [0.29, 0.717) is 11.6 Å². The molecule has 0 aliphatic carbocycles. The van der Waals surface area contributed by atoms with Crippen molar-refractivity contribution >= 4 is 40.1 Å². The van der Waals surface area contributed by atoms with Gasteiger partial charge in [0.15, 0.2) is 5.17 Å². The van der Waals surface area contributed by atoms with E-state index in [0.717, 1.165) is 28.3 Å². The fourth-order valence-electron chi connectivity index (χ4n) is 2.81. The van der Waals surface area contributed by atoms with Crippen LogP contribution in [0.1, 0.15) is 36.5 Å². The van der Waals surface area contributed by atoms with E-state index in [-0.39, 0.29) is 11.2 Å². The third-order valence-corrected chi connectivity index (χ3v) is 5.91. The van der Waals surface area contributed by atoms with Crippen LogP contribution < -0.4 is 5.32 Å². The second-order valence-electron chi connectivity index (χ2n) is 6.57. The van der Waals surface area contributed by atoms with Crippen LogP contribution in [0.15, 0.2) is 47.5 Å². The van der Waals surface area contributed by atoms with Crippen molar-refractivity contribution < 1.29 is 4.79 Å². The van der Waals surface area contributed by atoms with Gasteiger partial charge >= 0.3 is 0 Å². The summed E-state index contributed by atoms with van der Waals surface area (Å²) in [5.41, 5.74) is 4.30. The molecule has 0 bridgehead atoms. The number of carbonyl (C=O) groups excluding carboxylic acids is 1. The van der Waals surface area contributed by atoms with E-state index in [1.165, 1.54) is 30.2 Å². The van der Waals surface area contributed by atoms with E-state index < -0.39 is 0 Å². The highest BCUT2D eigenvalue weighted by atomic mass is 35.5. The minimum Gasteiger partial charge on any atom is -0.304 e. The van der Waals surface area contributed by atoms with Crippen LogP contribution in [-0.2, 0) is 17.6 Å². The summed E-state index contributed by atoms with van der Waals surface area (Å²) in [7, 11) is 0. The molecule has 1 amide bonds. The molecule has 2 aromatic rings. The molecule has 1 heterocycles. The molecule has 0 aromatic heterocycles. The Morgan fingerprint density at radius 1 is 1.15 bits per heavy atom. The maximum absolute atomic E-state index is 12.3. The monoisotopic (exact) mass is 386 g/mol. The molecule has 3 nitrogen and oxygen atoms in total. The molecule has 1 aliphatic heterocycles. The Morgan fingerprint density at radius 3 is 2.58 bits per heavy atom. The molecule has 1 aliphatic rings. The number of hydrogen-bond acceptors (Lipinski definition) is 3. The van der Waals surface area contributed by atoms with Crippen molar-refractivity contribution in [2.75, 3.05) is 0 Å². The normalized spacial score (nSPS) is 18.3. The van der Waals surface area contributed by atoms with Crippen molar-refractivity contribution in [2.45, 2.75) is 44.8 Å². The fourth-order valence-corrected chi connectivity index (χ4v) is 4.04. The smallest absolute Gasteiger partial charge is 0.239 e. The molecule has 0 saturated carbocycles. The van der Waals surface area contributed by atoms with Crippen LogP contribution in [0.4, 0.5) is 5.69 Å². The molecular weight excluding hydrogens is 364 g/mol. The Morgan fingerprint density at radius 2 is 1.88 bits per heavy atom. The third kappa shape index (κ3) is 4.89. The first-order chi connectivity index (χ1) is 12.5. The van der Waals surface area contributed by atoms with E-state index in [1.54, 1.807) is 0 Å². The average molecular weight is 387 g/mol. The second kappa shape index (κ2) is 8.74. The molecule has 1 saturated heterocycles. The lowest BCUT2D eigenvalue weighted by molar-refractivity contribution is -0.118. The number of rotatable bonds is 6. The van der Waals surface area contributed by atoms with Crippen LogP contribution in [0.2, 0.25) is 5.02 Å². The van der Waals surface area contributed by atoms with Crippen molar-refractivity contribution in [2.24, 2.45) is 4.99 Å². The number of carbonyl (C=O) groups is 1. The van der Waals surface area contributed by atoms with Gasteiger partial charge in [0, 0.05) is 5.02 Å². The summed E-state index contributed by atoms with van der Waals surface area (Å²) in [4.78, 5) is 16.8. The molecule has 1 N–H and O–H groups in total. The number of nitrogens with zero attached hydrogens (tertiary/aromatic N) is 1. The summed E-state index contributed by atoms with van der Waals surface area (Å²) < 4.78 is 0. The lowest BCUT2D eigenvalue weighted by atomic mass is 10.1. The number of thioether (sulfide) groups is 1. The topological polar surface area (TPSA) is 41.5 Å². The van der Waals surface area contributed by atoms with Crippen LogP contribution >= 0.6 is 23.4 Å². The predicted molar refractivity (Wildman–Crippen MR) is 112 cm³/mol. The molecule has 0 radical (unpaired) electrons. The third-order valence-electron chi connectivity index (χ3n) is 4.42. The minimum absolute atomic E-state index is 0.00464. The van der Waals surface area contributed by atoms with Gasteiger partial charge in [-0.25, -0.2) is 4.99 Å². The summed E-state index contributed by atoms with van der Waals surface area (Å²) in [5.74, 6) is 0.00464. The van der Waals surface area contributed by atoms with E-state index >= 15 is 0 Å². The summed E-state index contributed by atoms with van der Waals surface area (Å²) >= 11 is 7.67. The van der Waals surface area contributed by atoms with E-state index in [9.17, 15) is 4.79 Å². The fraction of sp³-hybridized carbons (Fsp3) is 0.333. The Kier molecular flexibility index (Phi) is 6.38. The number of amidine groups is 1. The molecule has 26 heavy (non-hydrogen) atoms. The largest absolute Gasteiger partial charge is 0.304 e. The van der Waals surface area contributed by atoms with Crippen LogP contribution in [0.3, 0.4) is 0 Å². The highest BCUT2D eigenvalue weighted by Crippen LogP contribution is 2.27. The van der Waals surface area contributed by atoms with Gasteiger partial charge in [-0.15, -0.1) is 0 Å². The molecule has 0 spiro atoms. The van der Waals surface area contributed by atoms with Crippen LogP contribution in [0.5, 0.6) is 0 Å². The average Bonchev–Trinajstić information content (AvgIpc) is 2.96. The van der Waals surface area contributed by atoms with Gasteiger partial charge in [-0.2, -0.15) is 0 Å². The van der Waals surface area contributed by atoms with Crippen molar-refractivity contribution in [3.63, 3.8) is 0 Å². The zero-order valence-corrected chi connectivity index (χ0v) is 16.7. The summed E-state index contributed by atoms with van der Waals surface area (Å²) in [6.45, 7) is 4.17. The number of amides is 1. The van der Waals surface area contributed by atoms with E-state index in [4.69, 9.17) is 11.6 Å². The first kappa shape index (κ1) is 19.0. The quantitative estimate of drug-likeness (QED) is 0.716. The molecule has 0 unspecified atom stereocenters. The van der Waals surface area contributed by atoms with Crippen LogP contribution in [-0.4, -0.2) is 16.3 Å². The summed E-state index contributed by atoms with van der Waals surface area (Å²) in [6, 6.07) is 14.2. The number of aryl methyl sites for hydroxylation is 2. The van der Waals surface area contributed by atoms with Gasteiger partial charge < -0.3 is 5.32 Å². The number of unbranched alkanes of at least 4 members (excludes halogenated alkanes) is 1. The molecule has 136 valence electrons. The highest BCUT2D eigenvalue weighted by Gasteiger charge is 2.30. The zero-order valence-electron chi connectivity index (χ0n) is 15.1. The standard InChI is InChI=1S/C21H23ClN2OS/c1-3-4-5-15-8-10-17(11-9-15)23-21-24-20(25)19(26-21)13-16-7-6-14(2)18(22)12-16/h6-12,19H,3-5,13H2,1-2H3,(H,23,24,25)/t19-/m1/s1. The van der Waals surface area contributed by atoms with Gasteiger partial charge in [-0.1, -0.05) is 61.0 Å². The van der Waals surface area contributed by atoms with Crippen molar-refractivity contribution in [1.29, 1.82) is 0 Å². The first-order valence-corrected chi connectivity index (χ1v) is 10.2. The Balaban J connectivity index is 1.64. The second-order valence-corrected chi connectivity index (χ2v) is 8.17. The maximum atomic E-state index is 12.3. The zero-order chi connectivity index (χ0) is 18.5. The summed E-state index contributed by atoms with van der Waals surface area (Å²) in [5, 5.41) is 4.12. The maximum Gasteiger partial charge on any atom is 0.239 e. The SMILES string of the molecule is CCCCc1ccc(N=C2NC(=O)[C@@H](Cc3ccc(C)c(Cl)c3)S2)cc1. The van der Waals surface area contributed by atoms with Crippen molar-refractivity contribution in [1.82, 2.24) is 5.32 Å². The van der Waals surface area contributed by atoms with Gasteiger partial charge in [-0.05, 0) is 61.1 Å². The molecule has 3 rings (SSSR count). The number of hydrogen-bond donors (Lipinski definition) is 1. The van der Waals surface area contributed by atoms with Gasteiger partial charge in [0.25, 0.3) is 0 Å².